The van der Waals surface area contributed by atoms with Gasteiger partial charge in [0.2, 0.25) is 5.91 Å². The van der Waals surface area contributed by atoms with Crippen LogP contribution >= 0.6 is 0 Å². The van der Waals surface area contributed by atoms with Crippen LogP contribution in [0.25, 0.3) is 5.69 Å². The quantitative estimate of drug-likeness (QED) is 0.844. The van der Waals surface area contributed by atoms with E-state index >= 15 is 0 Å². The molecule has 8 nitrogen and oxygen atoms in total. The van der Waals surface area contributed by atoms with E-state index in [-0.39, 0.29) is 36.1 Å². The molecule has 0 radical (unpaired) electrons. The topological polar surface area (TPSA) is 93.4 Å². The minimum absolute atomic E-state index is 0.119. The van der Waals surface area contributed by atoms with Crippen molar-refractivity contribution >= 4 is 5.91 Å². The summed E-state index contributed by atoms with van der Waals surface area (Å²) in [6.07, 6.45) is 2.55. The van der Waals surface area contributed by atoms with Crippen LogP contribution in [0.1, 0.15) is 24.2 Å². The molecular weight excluding hydrogens is 346 g/mol. The van der Waals surface area contributed by atoms with Gasteiger partial charge >= 0.3 is 0 Å². The van der Waals surface area contributed by atoms with E-state index in [1.54, 1.807) is 4.68 Å². The molecule has 0 unspecified atom stereocenters. The van der Waals surface area contributed by atoms with Gasteiger partial charge in [-0.15, -0.1) is 5.10 Å². The minimum atomic E-state index is -0.213. The molecule has 1 N–H and O–H groups in total. The molecule has 142 valence electrons. The number of amides is 1. The van der Waals surface area contributed by atoms with Gasteiger partial charge in [0, 0.05) is 25.0 Å². The Kier molecular flexibility index (Phi) is 3.80. The smallest absolute Gasteiger partial charge is 0.227 e. The molecular formula is C19H23N5O3. The van der Waals surface area contributed by atoms with E-state index in [0.717, 1.165) is 29.9 Å². The van der Waals surface area contributed by atoms with Gasteiger partial charge in [0.05, 0.1) is 30.4 Å². The average Bonchev–Trinajstić information content (AvgIpc) is 3.41. The van der Waals surface area contributed by atoms with Crippen molar-refractivity contribution in [1.82, 2.24) is 25.1 Å². The highest BCUT2D eigenvalue weighted by Crippen LogP contribution is 2.54. The van der Waals surface area contributed by atoms with Gasteiger partial charge in [-0.3, -0.25) is 4.79 Å². The number of hydrogen-bond donors (Lipinski definition) is 1. The van der Waals surface area contributed by atoms with Crippen LogP contribution in [0.5, 0.6) is 0 Å². The van der Waals surface area contributed by atoms with E-state index in [1.807, 2.05) is 36.1 Å². The second-order valence-corrected chi connectivity index (χ2v) is 7.97. The van der Waals surface area contributed by atoms with Crippen molar-refractivity contribution in [3.63, 3.8) is 0 Å². The van der Waals surface area contributed by atoms with Crippen molar-refractivity contribution in [2.75, 3.05) is 19.7 Å². The lowest BCUT2D eigenvalue weighted by Crippen LogP contribution is -2.38. The SMILES string of the molecule is Cc1nnnn1-c1ccc(CC(=O)N2C[C@H]3[C@@H](CO)[C@@H]4CC[C@@]3(C2)O4)cc1. The summed E-state index contributed by atoms with van der Waals surface area (Å²) in [4.78, 5) is 14.8. The molecule has 2 aromatic rings. The molecule has 5 rings (SSSR count). The second-order valence-electron chi connectivity index (χ2n) is 7.97. The fourth-order valence-electron chi connectivity index (χ4n) is 5.14. The Labute approximate surface area is 157 Å². The van der Waals surface area contributed by atoms with Crippen LogP contribution in [-0.2, 0) is 16.0 Å². The predicted octanol–water partition coefficient (Wildman–Crippen LogP) is 0.512. The van der Waals surface area contributed by atoms with Gasteiger partial charge in [-0.2, -0.15) is 4.68 Å². The van der Waals surface area contributed by atoms with E-state index in [9.17, 15) is 9.90 Å². The fourth-order valence-corrected chi connectivity index (χ4v) is 5.14. The maximum absolute atomic E-state index is 12.9. The van der Waals surface area contributed by atoms with Gasteiger partial charge in [0.25, 0.3) is 0 Å². The van der Waals surface area contributed by atoms with Gasteiger partial charge in [-0.25, -0.2) is 0 Å². The highest BCUT2D eigenvalue weighted by Gasteiger charge is 2.63. The van der Waals surface area contributed by atoms with E-state index < -0.39 is 0 Å². The van der Waals surface area contributed by atoms with Crippen molar-refractivity contribution in [2.45, 2.75) is 37.9 Å². The molecule has 1 aromatic carbocycles. The summed E-state index contributed by atoms with van der Waals surface area (Å²) in [5.74, 6) is 1.29. The number of aryl methyl sites for hydroxylation is 1. The number of aliphatic hydroxyl groups is 1. The molecule has 4 heterocycles. The number of aliphatic hydroxyl groups excluding tert-OH is 1. The Morgan fingerprint density at radius 1 is 1.37 bits per heavy atom. The zero-order valence-electron chi connectivity index (χ0n) is 15.3. The maximum Gasteiger partial charge on any atom is 0.227 e. The van der Waals surface area contributed by atoms with Gasteiger partial charge in [0.1, 0.15) is 0 Å². The lowest BCUT2D eigenvalue weighted by atomic mass is 9.74. The van der Waals surface area contributed by atoms with Crippen LogP contribution in [0.15, 0.2) is 24.3 Å². The first-order valence-electron chi connectivity index (χ1n) is 9.50. The summed E-state index contributed by atoms with van der Waals surface area (Å²) >= 11 is 0. The highest BCUT2D eigenvalue weighted by molar-refractivity contribution is 5.79. The number of carbonyl (C=O) groups is 1. The summed E-state index contributed by atoms with van der Waals surface area (Å²) in [6, 6.07) is 7.75. The van der Waals surface area contributed by atoms with Crippen LogP contribution < -0.4 is 0 Å². The van der Waals surface area contributed by atoms with Crippen molar-refractivity contribution < 1.29 is 14.6 Å². The monoisotopic (exact) mass is 369 g/mol. The Hall–Kier alpha value is -2.32. The lowest BCUT2D eigenvalue weighted by molar-refractivity contribution is -0.131. The zero-order chi connectivity index (χ0) is 18.6. The van der Waals surface area contributed by atoms with Gasteiger partial charge in [-0.1, -0.05) is 12.1 Å². The van der Waals surface area contributed by atoms with Crippen LogP contribution in [0, 0.1) is 18.8 Å². The Bertz CT molecular complexity index is 866. The normalized spacial score (nSPS) is 31.5. The fraction of sp³-hybridized carbons (Fsp3) is 0.579. The number of carbonyl (C=O) groups excluding carboxylic acids is 1. The van der Waals surface area contributed by atoms with Gasteiger partial charge < -0.3 is 14.7 Å². The third kappa shape index (κ3) is 2.58. The highest BCUT2D eigenvalue weighted by atomic mass is 16.5. The summed E-state index contributed by atoms with van der Waals surface area (Å²) in [6.45, 7) is 3.35. The average molecular weight is 369 g/mol. The predicted molar refractivity (Wildman–Crippen MR) is 95.1 cm³/mol. The molecule has 0 aliphatic carbocycles. The van der Waals surface area contributed by atoms with Crippen LogP contribution in [0.4, 0.5) is 0 Å². The van der Waals surface area contributed by atoms with Crippen molar-refractivity contribution in [2.24, 2.45) is 11.8 Å². The standard InChI is InChI=1S/C19H23N5O3/c1-12-20-21-22-24(12)14-4-2-13(3-5-14)8-18(26)23-9-16-15(10-25)17-6-7-19(16,11-23)27-17/h2-5,15-17,25H,6-11H2,1H3/t15-,16+,17+,19+/m1/s1. The number of aromatic nitrogens is 4. The number of rotatable bonds is 4. The first kappa shape index (κ1) is 16.8. The summed E-state index contributed by atoms with van der Waals surface area (Å²) in [5, 5.41) is 21.2. The molecule has 3 aliphatic heterocycles. The third-order valence-corrected chi connectivity index (χ3v) is 6.51. The van der Waals surface area contributed by atoms with Crippen molar-refractivity contribution in [3.05, 3.63) is 35.7 Å². The lowest BCUT2D eigenvalue weighted by Gasteiger charge is -2.27. The molecule has 27 heavy (non-hydrogen) atoms. The summed E-state index contributed by atoms with van der Waals surface area (Å²) in [5.41, 5.74) is 1.63. The van der Waals surface area contributed by atoms with Gasteiger partial charge in [-0.05, 0) is 47.9 Å². The third-order valence-electron chi connectivity index (χ3n) is 6.51. The van der Waals surface area contributed by atoms with Gasteiger partial charge in [0.15, 0.2) is 5.82 Å². The Balaban J connectivity index is 1.27. The number of nitrogens with zero attached hydrogens (tertiary/aromatic N) is 5. The minimum Gasteiger partial charge on any atom is -0.396 e. The van der Waals surface area contributed by atoms with E-state index in [1.165, 1.54) is 0 Å². The first-order chi connectivity index (χ1) is 13.1. The molecule has 3 saturated heterocycles. The molecule has 3 fully saturated rings. The Morgan fingerprint density at radius 3 is 2.89 bits per heavy atom. The second kappa shape index (κ2) is 6.10. The number of hydrogen-bond acceptors (Lipinski definition) is 6. The summed E-state index contributed by atoms with van der Waals surface area (Å²) < 4.78 is 7.87. The number of fused-ring (bicyclic) bond motifs is 1. The number of benzene rings is 1. The van der Waals surface area contributed by atoms with E-state index in [2.05, 4.69) is 15.5 Å². The van der Waals surface area contributed by atoms with Crippen LogP contribution in [0.2, 0.25) is 0 Å². The van der Waals surface area contributed by atoms with E-state index in [4.69, 9.17) is 4.74 Å². The first-order valence-corrected chi connectivity index (χ1v) is 9.50. The molecule has 1 aromatic heterocycles. The molecule has 1 spiro atoms. The van der Waals surface area contributed by atoms with Crippen LogP contribution in [-0.4, -0.2) is 67.5 Å². The zero-order valence-corrected chi connectivity index (χ0v) is 15.3. The maximum atomic E-state index is 12.9. The molecule has 8 heteroatoms. The number of likely N-dealkylation sites (tertiary alicyclic amines) is 1. The van der Waals surface area contributed by atoms with Crippen molar-refractivity contribution in [1.29, 1.82) is 0 Å². The Morgan fingerprint density at radius 2 is 2.19 bits per heavy atom. The van der Waals surface area contributed by atoms with Crippen LogP contribution in [0.3, 0.4) is 0 Å². The number of ether oxygens (including phenoxy) is 1. The molecule has 2 bridgehead atoms. The largest absolute Gasteiger partial charge is 0.396 e. The molecule has 4 atom stereocenters. The molecule has 0 saturated carbocycles. The number of tetrazole rings is 1. The summed E-state index contributed by atoms with van der Waals surface area (Å²) in [7, 11) is 0. The molecule has 1 amide bonds. The van der Waals surface area contributed by atoms with Crippen molar-refractivity contribution in [3.8, 4) is 5.69 Å². The van der Waals surface area contributed by atoms with E-state index in [0.29, 0.717) is 19.5 Å². The molecule has 3 aliphatic rings.